The lowest BCUT2D eigenvalue weighted by molar-refractivity contribution is -0.149. The smallest absolute Gasteiger partial charge is 0.401 e. The van der Waals surface area contributed by atoms with Crippen molar-refractivity contribution in [1.82, 2.24) is 20.0 Å². The molecule has 0 bridgehead atoms. The van der Waals surface area contributed by atoms with Crippen LogP contribution in [-0.4, -0.2) is 53.5 Å². The lowest BCUT2D eigenvalue weighted by Crippen LogP contribution is -2.43. The number of aromatic nitrogens is 2. The first-order valence-corrected chi connectivity index (χ1v) is 7.42. The molecule has 130 valence electrons. The van der Waals surface area contributed by atoms with E-state index in [0.29, 0.717) is 25.3 Å². The molecule has 0 spiro atoms. The second-order valence-corrected chi connectivity index (χ2v) is 5.72. The summed E-state index contributed by atoms with van der Waals surface area (Å²) in [6, 6.07) is 0. The molecule has 9 heteroatoms. The molecule has 1 aromatic heterocycles. The van der Waals surface area contributed by atoms with Gasteiger partial charge in [-0.05, 0) is 25.9 Å². The van der Waals surface area contributed by atoms with Crippen molar-refractivity contribution in [2.24, 2.45) is 13.0 Å². The van der Waals surface area contributed by atoms with Gasteiger partial charge in [0.05, 0.1) is 19.2 Å². The molecular weight excluding hydrogens is 313 g/mol. The number of nitrogens with one attached hydrogen (secondary N) is 1. The molecule has 0 aromatic carbocycles. The summed E-state index contributed by atoms with van der Waals surface area (Å²) in [5, 5.41) is 6.90. The Morgan fingerprint density at radius 2 is 2.09 bits per heavy atom. The highest BCUT2D eigenvalue weighted by molar-refractivity contribution is 5.78. The van der Waals surface area contributed by atoms with E-state index in [1.54, 1.807) is 17.9 Å². The molecular formula is C14H21F3N4O2. The minimum atomic E-state index is -4.19. The van der Waals surface area contributed by atoms with Crippen molar-refractivity contribution in [3.05, 3.63) is 11.8 Å². The van der Waals surface area contributed by atoms with Crippen molar-refractivity contribution in [2.75, 3.05) is 26.7 Å². The summed E-state index contributed by atoms with van der Waals surface area (Å²) in [6.07, 6.45) is -1.56. The number of aryl methyl sites for hydroxylation is 1. The van der Waals surface area contributed by atoms with E-state index in [1.165, 1.54) is 12.0 Å². The molecule has 0 unspecified atom stereocenters. The zero-order valence-electron chi connectivity index (χ0n) is 13.2. The molecule has 0 radical (unpaired) electrons. The molecule has 1 amide bonds. The normalized spacial score (nSPS) is 17.3. The first kappa shape index (κ1) is 17.6. The van der Waals surface area contributed by atoms with E-state index in [9.17, 15) is 18.0 Å². The summed E-state index contributed by atoms with van der Waals surface area (Å²) in [4.78, 5) is 13.5. The van der Waals surface area contributed by atoms with Crippen LogP contribution in [0.2, 0.25) is 0 Å². The Morgan fingerprint density at radius 1 is 1.43 bits per heavy atom. The number of piperidine rings is 1. The van der Waals surface area contributed by atoms with Gasteiger partial charge in [-0.3, -0.25) is 14.4 Å². The summed E-state index contributed by atoms with van der Waals surface area (Å²) < 4.78 is 43.7. The molecule has 1 saturated heterocycles. The fourth-order valence-corrected chi connectivity index (χ4v) is 2.74. The Labute approximate surface area is 132 Å². The van der Waals surface area contributed by atoms with E-state index in [0.717, 1.165) is 5.56 Å². The molecule has 2 heterocycles. The highest BCUT2D eigenvalue weighted by Crippen LogP contribution is 2.23. The predicted octanol–water partition coefficient (Wildman–Crippen LogP) is 1.32. The van der Waals surface area contributed by atoms with Gasteiger partial charge in [0.1, 0.15) is 0 Å². The molecule has 6 nitrogen and oxygen atoms in total. The number of carbonyl (C=O) groups is 1. The lowest BCUT2D eigenvalue weighted by Gasteiger charge is -2.31. The Hall–Kier alpha value is -1.77. The van der Waals surface area contributed by atoms with Crippen LogP contribution < -0.4 is 10.1 Å². The minimum absolute atomic E-state index is 0.137. The number of carbonyl (C=O) groups excluding carboxylic acids is 1. The van der Waals surface area contributed by atoms with Gasteiger partial charge in [-0.2, -0.15) is 13.2 Å². The van der Waals surface area contributed by atoms with Gasteiger partial charge in [-0.15, -0.1) is 5.10 Å². The van der Waals surface area contributed by atoms with Crippen LogP contribution in [0.1, 0.15) is 18.4 Å². The molecule has 0 aliphatic carbocycles. The van der Waals surface area contributed by atoms with Crippen molar-refractivity contribution in [3.8, 4) is 5.88 Å². The minimum Gasteiger partial charge on any atom is -0.480 e. The number of amides is 1. The Kier molecular flexibility index (Phi) is 5.51. The second kappa shape index (κ2) is 7.20. The number of hydrogen-bond acceptors (Lipinski definition) is 4. The zero-order valence-corrected chi connectivity index (χ0v) is 13.2. The van der Waals surface area contributed by atoms with E-state index in [4.69, 9.17) is 4.74 Å². The maximum atomic E-state index is 12.3. The Balaban J connectivity index is 1.79. The molecule has 1 N–H and O–H groups in total. The number of halogens is 3. The highest BCUT2D eigenvalue weighted by atomic mass is 19.4. The molecule has 0 atom stereocenters. The van der Waals surface area contributed by atoms with Crippen molar-refractivity contribution in [1.29, 1.82) is 0 Å². The van der Waals surface area contributed by atoms with Gasteiger partial charge >= 0.3 is 6.18 Å². The van der Waals surface area contributed by atoms with E-state index in [-0.39, 0.29) is 24.9 Å². The first-order chi connectivity index (χ1) is 10.8. The maximum absolute atomic E-state index is 12.3. The Bertz CT molecular complexity index is 537. The van der Waals surface area contributed by atoms with Crippen LogP contribution in [0.25, 0.3) is 0 Å². The molecule has 2 rings (SSSR count). The molecule has 0 saturated carbocycles. The SMILES string of the molecule is COc1nn(C)cc1CNC(=O)C1CCN(CC(F)(F)F)CC1. The molecule has 1 aliphatic rings. The number of alkyl halides is 3. The summed E-state index contributed by atoms with van der Waals surface area (Å²) in [6.45, 7) is -0.0472. The summed E-state index contributed by atoms with van der Waals surface area (Å²) in [5.74, 6) is 0.0671. The predicted molar refractivity (Wildman–Crippen MR) is 76.8 cm³/mol. The third-order valence-electron chi connectivity index (χ3n) is 3.87. The van der Waals surface area contributed by atoms with E-state index in [1.807, 2.05) is 0 Å². The van der Waals surface area contributed by atoms with Gasteiger partial charge in [-0.25, -0.2) is 0 Å². The van der Waals surface area contributed by atoms with Gasteiger partial charge in [0.15, 0.2) is 0 Å². The number of rotatable bonds is 5. The van der Waals surface area contributed by atoms with Crippen LogP contribution in [0, 0.1) is 5.92 Å². The zero-order chi connectivity index (χ0) is 17.0. The Morgan fingerprint density at radius 3 is 2.65 bits per heavy atom. The maximum Gasteiger partial charge on any atom is 0.401 e. The van der Waals surface area contributed by atoms with Crippen LogP contribution in [0.4, 0.5) is 13.2 Å². The molecule has 1 aliphatic heterocycles. The van der Waals surface area contributed by atoms with Crippen LogP contribution in [0.5, 0.6) is 5.88 Å². The van der Waals surface area contributed by atoms with Crippen molar-refractivity contribution < 1.29 is 22.7 Å². The van der Waals surface area contributed by atoms with Crippen LogP contribution in [-0.2, 0) is 18.4 Å². The quantitative estimate of drug-likeness (QED) is 0.882. The van der Waals surface area contributed by atoms with Crippen LogP contribution in [0.15, 0.2) is 6.20 Å². The van der Waals surface area contributed by atoms with Gasteiger partial charge < -0.3 is 10.1 Å². The number of ether oxygens (including phenoxy) is 1. The van der Waals surface area contributed by atoms with Gasteiger partial charge in [-0.1, -0.05) is 0 Å². The summed E-state index contributed by atoms with van der Waals surface area (Å²) in [5.41, 5.74) is 0.762. The third kappa shape index (κ3) is 5.12. The van der Waals surface area contributed by atoms with E-state index >= 15 is 0 Å². The van der Waals surface area contributed by atoms with Gasteiger partial charge in [0.2, 0.25) is 11.8 Å². The average Bonchev–Trinajstić information content (AvgIpc) is 2.84. The summed E-state index contributed by atoms with van der Waals surface area (Å²) >= 11 is 0. The number of hydrogen-bond donors (Lipinski definition) is 1. The fraction of sp³-hybridized carbons (Fsp3) is 0.714. The van der Waals surface area contributed by atoms with Crippen molar-refractivity contribution >= 4 is 5.91 Å². The molecule has 1 fully saturated rings. The standard InChI is InChI=1S/C14H21F3N4O2/c1-20-8-11(13(19-20)23-2)7-18-12(22)10-3-5-21(6-4-10)9-14(15,16)17/h8,10H,3-7,9H2,1-2H3,(H,18,22). The second-order valence-electron chi connectivity index (χ2n) is 5.72. The lowest BCUT2D eigenvalue weighted by atomic mass is 9.96. The highest BCUT2D eigenvalue weighted by Gasteiger charge is 2.33. The van der Waals surface area contributed by atoms with Gasteiger partial charge in [0, 0.05) is 25.7 Å². The molecule has 23 heavy (non-hydrogen) atoms. The third-order valence-corrected chi connectivity index (χ3v) is 3.87. The van der Waals surface area contributed by atoms with Gasteiger partial charge in [0.25, 0.3) is 0 Å². The van der Waals surface area contributed by atoms with Crippen molar-refractivity contribution in [3.63, 3.8) is 0 Å². The van der Waals surface area contributed by atoms with Crippen molar-refractivity contribution in [2.45, 2.75) is 25.6 Å². The van der Waals surface area contributed by atoms with Crippen LogP contribution in [0.3, 0.4) is 0 Å². The van der Waals surface area contributed by atoms with E-state index < -0.39 is 12.7 Å². The van der Waals surface area contributed by atoms with Crippen LogP contribution >= 0.6 is 0 Å². The molecule has 1 aromatic rings. The monoisotopic (exact) mass is 334 g/mol. The largest absolute Gasteiger partial charge is 0.480 e. The fourth-order valence-electron chi connectivity index (χ4n) is 2.74. The number of methoxy groups -OCH3 is 1. The topological polar surface area (TPSA) is 59.4 Å². The van der Waals surface area contributed by atoms with E-state index in [2.05, 4.69) is 10.4 Å². The number of nitrogens with zero attached hydrogens (tertiary/aromatic N) is 3. The summed E-state index contributed by atoms with van der Waals surface area (Å²) in [7, 11) is 3.26. The average molecular weight is 334 g/mol. The first-order valence-electron chi connectivity index (χ1n) is 7.42. The number of likely N-dealkylation sites (tertiary alicyclic amines) is 1.